The Labute approximate surface area is 152 Å². The van der Waals surface area contributed by atoms with Crippen LogP contribution < -0.4 is 4.74 Å². The molecular formula is C23H32O2. The molecule has 1 aromatic carbocycles. The van der Waals surface area contributed by atoms with Gasteiger partial charge in [-0.2, -0.15) is 0 Å². The molecule has 4 rings (SSSR count). The van der Waals surface area contributed by atoms with Crippen LogP contribution in [0.2, 0.25) is 0 Å². The first-order chi connectivity index (χ1) is 11.8. The standard InChI is InChI=1S/C23H32O2/c1-15(2)14-25-17-6-8-18-16(13-17)5-7-20-19(18)9-11-22(3)21(20)10-12-23(22,4)24/h6,8,13,19-21,24H,1,5,7,9-12,14H2,2-4H3/t19-,20-,21-,22-,23-/m1/s1. The Morgan fingerprint density at radius 2 is 2.04 bits per heavy atom. The fourth-order valence-corrected chi connectivity index (χ4v) is 6.10. The van der Waals surface area contributed by atoms with Crippen molar-refractivity contribution in [2.75, 3.05) is 6.61 Å². The van der Waals surface area contributed by atoms with Gasteiger partial charge in [-0.1, -0.05) is 19.6 Å². The molecule has 5 atom stereocenters. The number of hydrogen-bond acceptors (Lipinski definition) is 2. The van der Waals surface area contributed by atoms with E-state index >= 15 is 0 Å². The van der Waals surface area contributed by atoms with Crippen LogP contribution >= 0.6 is 0 Å². The number of aliphatic hydroxyl groups is 1. The van der Waals surface area contributed by atoms with Gasteiger partial charge in [-0.3, -0.25) is 0 Å². The first kappa shape index (κ1) is 17.1. The predicted molar refractivity (Wildman–Crippen MR) is 102 cm³/mol. The van der Waals surface area contributed by atoms with Crippen molar-refractivity contribution in [1.29, 1.82) is 0 Å². The van der Waals surface area contributed by atoms with Gasteiger partial charge in [0.1, 0.15) is 12.4 Å². The van der Waals surface area contributed by atoms with Crippen molar-refractivity contribution in [3.63, 3.8) is 0 Å². The summed E-state index contributed by atoms with van der Waals surface area (Å²) in [6, 6.07) is 6.71. The largest absolute Gasteiger partial charge is 0.489 e. The van der Waals surface area contributed by atoms with E-state index in [1.165, 1.54) is 24.8 Å². The quantitative estimate of drug-likeness (QED) is 0.762. The molecule has 3 aliphatic carbocycles. The van der Waals surface area contributed by atoms with E-state index in [1.807, 2.05) is 6.92 Å². The minimum atomic E-state index is -0.483. The third-order valence-corrected chi connectivity index (χ3v) is 7.75. The van der Waals surface area contributed by atoms with Crippen molar-refractivity contribution in [3.8, 4) is 5.75 Å². The summed E-state index contributed by atoms with van der Waals surface area (Å²) in [6.07, 6.45) is 6.94. The lowest BCUT2D eigenvalue weighted by molar-refractivity contribution is -0.0901. The maximum absolute atomic E-state index is 11.0. The van der Waals surface area contributed by atoms with E-state index in [0.717, 1.165) is 36.5 Å². The van der Waals surface area contributed by atoms with Gasteiger partial charge in [0.25, 0.3) is 0 Å². The van der Waals surface area contributed by atoms with Crippen LogP contribution in [0.3, 0.4) is 0 Å². The molecule has 0 saturated heterocycles. The average molecular weight is 341 g/mol. The smallest absolute Gasteiger partial charge is 0.120 e. The van der Waals surface area contributed by atoms with E-state index in [2.05, 4.69) is 38.6 Å². The SMILES string of the molecule is C=C(C)COc1ccc2c(c1)CC[C@@H]1[C@@H]2CC[C@]2(C)[C@@H]1CC[C@@]2(C)O. The van der Waals surface area contributed by atoms with Crippen molar-refractivity contribution >= 4 is 0 Å². The highest BCUT2D eigenvalue weighted by Gasteiger charge is 2.59. The first-order valence-electron chi connectivity index (χ1n) is 9.94. The van der Waals surface area contributed by atoms with E-state index in [1.54, 1.807) is 5.56 Å². The molecule has 2 nitrogen and oxygen atoms in total. The number of benzene rings is 1. The molecule has 136 valence electrons. The molecule has 2 heteroatoms. The number of ether oxygens (including phenoxy) is 1. The van der Waals surface area contributed by atoms with Gasteiger partial charge in [-0.15, -0.1) is 0 Å². The fraction of sp³-hybridized carbons (Fsp3) is 0.652. The van der Waals surface area contributed by atoms with Gasteiger partial charge in [0.15, 0.2) is 0 Å². The molecule has 0 aliphatic heterocycles. The Balaban J connectivity index is 1.59. The van der Waals surface area contributed by atoms with Crippen LogP contribution in [0, 0.1) is 17.3 Å². The third-order valence-electron chi connectivity index (χ3n) is 7.75. The Bertz CT molecular complexity index is 689. The summed E-state index contributed by atoms with van der Waals surface area (Å²) in [6.45, 7) is 10.9. The summed E-state index contributed by atoms with van der Waals surface area (Å²) in [4.78, 5) is 0. The Morgan fingerprint density at radius 1 is 1.24 bits per heavy atom. The molecule has 2 saturated carbocycles. The van der Waals surface area contributed by atoms with Crippen molar-refractivity contribution in [2.24, 2.45) is 17.3 Å². The van der Waals surface area contributed by atoms with Crippen LogP contribution in [-0.4, -0.2) is 17.3 Å². The van der Waals surface area contributed by atoms with Gasteiger partial charge < -0.3 is 9.84 Å². The van der Waals surface area contributed by atoms with Crippen molar-refractivity contribution in [1.82, 2.24) is 0 Å². The maximum Gasteiger partial charge on any atom is 0.120 e. The van der Waals surface area contributed by atoms with Crippen molar-refractivity contribution < 1.29 is 9.84 Å². The van der Waals surface area contributed by atoms with Crippen molar-refractivity contribution in [3.05, 3.63) is 41.5 Å². The molecular weight excluding hydrogens is 308 g/mol. The predicted octanol–water partition coefficient (Wildman–Crippen LogP) is 5.25. The normalized spacial score (nSPS) is 39.3. The van der Waals surface area contributed by atoms with E-state index < -0.39 is 5.60 Å². The van der Waals surface area contributed by atoms with E-state index in [0.29, 0.717) is 18.4 Å². The van der Waals surface area contributed by atoms with Crippen molar-refractivity contribution in [2.45, 2.75) is 70.8 Å². The van der Waals surface area contributed by atoms with E-state index in [4.69, 9.17) is 4.74 Å². The summed E-state index contributed by atoms with van der Waals surface area (Å²) >= 11 is 0. The second-order valence-corrected chi connectivity index (χ2v) is 9.29. The minimum absolute atomic E-state index is 0.107. The zero-order valence-corrected chi connectivity index (χ0v) is 16.0. The molecule has 1 aromatic rings. The van der Waals surface area contributed by atoms with Gasteiger partial charge in [0.2, 0.25) is 0 Å². The zero-order chi connectivity index (χ0) is 17.8. The summed E-state index contributed by atoms with van der Waals surface area (Å²) in [7, 11) is 0. The van der Waals surface area contributed by atoms with E-state index in [9.17, 15) is 5.11 Å². The van der Waals surface area contributed by atoms with Crippen LogP contribution in [0.1, 0.15) is 69.9 Å². The molecule has 0 heterocycles. The third kappa shape index (κ3) is 2.65. The van der Waals surface area contributed by atoms with Gasteiger partial charge in [-0.25, -0.2) is 0 Å². The highest BCUT2D eigenvalue weighted by atomic mass is 16.5. The van der Waals surface area contributed by atoms with Crippen LogP contribution in [0.25, 0.3) is 0 Å². The molecule has 0 unspecified atom stereocenters. The molecule has 0 spiro atoms. The molecule has 25 heavy (non-hydrogen) atoms. The van der Waals surface area contributed by atoms with Gasteiger partial charge in [0, 0.05) is 0 Å². The lowest BCUT2D eigenvalue weighted by Crippen LogP contribution is -2.49. The molecule has 2 fully saturated rings. The summed E-state index contributed by atoms with van der Waals surface area (Å²) < 4.78 is 5.85. The molecule has 0 bridgehead atoms. The van der Waals surface area contributed by atoms with Crippen LogP contribution in [0.15, 0.2) is 30.4 Å². The number of aryl methyl sites for hydroxylation is 1. The summed E-state index contributed by atoms with van der Waals surface area (Å²) in [5.74, 6) is 3.06. The second-order valence-electron chi connectivity index (χ2n) is 9.29. The molecule has 1 N–H and O–H groups in total. The molecule has 3 aliphatic rings. The first-order valence-corrected chi connectivity index (χ1v) is 9.94. The Morgan fingerprint density at radius 3 is 2.80 bits per heavy atom. The monoisotopic (exact) mass is 340 g/mol. The van der Waals surface area contributed by atoms with Crippen LogP contribution in [0.5, 0.6) is 5.75 Å². The van der Waals surface area contributed by atoms with Gasteiger partial charge >= 0.3 is 0 Å². The van der Waals surface area contributed by atoms with E-state index in [-0.39, 0.29) is 5.41 Å². The topological polar surface area (TPSA) is 29.5 Å². The number of hydrogen-bond donors (Lipinski definition) is 1. The molecule has 0 aromatic heterocycles. The fourth-order valence-electron chi connectivity index (χ4n) is 6.10. The lowest BCUT2D eigenvalue weighted by Gasteiger charge is -2.52. The molecule has 0 amide bonds. The maximum atomic E-state index is 11.0. The van der Waals surface area contributed by atoms with Crippen LogP contribution in [-0.2, 0) is 6.42 Å². The average Bonchev–Trinajstić information content (AvgIpc) is 2.82. The highest BCUT2D eigenvalue weighted by molar-refractivity contribution is 5.41. The summed E-state index contributed by atoms with van der Waals surface area (Å²) in [5, 5.41) is 11.0. The highest BCUT2D eigenvalue weighted by Crippen LogP contribution is 2.64. The summed E-state index contributed by atoms with van der Waals surface area (Å²) in [5.41, 5.74) is 3.71. The second kappa shape index (κ2) is 5.87. The Kier molecular flexibility index (Phi) is 4.03. The van der Waals surface area contributed by atoms with Gasteiger partial charge in [-0.05, 0) is 104 Å². The number of rotatable bonds is 3. The minimum Gasteiger partial charge on any atom is -0.489 e. The number of fused-ring (bicyclic) bond motifs is 5. The zero-order valence-electron chi connectivity index (χ0n) is 16.0. The lowest BCUT2D eigenvalue weighted by atomic mass is 9.53. The van der Waals surface area contributed by atoms with Gasteiger partial charge in [0.05, 0.1) is 5.60 Å². The molecule has 0 radical (unpaired) electrons. The van der Waals surface area contributed by atoms with Crippen LogP contribution in [0.4, 0.5) is 0 Å². The Hall–Kier alpha value is -1.28.